The fraction of sp³-hybridized carbons (Fsp3) is 0.455. The van der Waals surface area contributed by atoms with Crippen molar-refractivity contribution in [2.75, 3.05) is 31.8 Å². The zero-order valence-electron chi connectivity index (χ0n) is 10.5. The van der Waals surface area contributed by atoms with Crippen LogP contribution in [0, 0.1) is 10.1 Å². The lowest BCUT2D eigenvalue weighted by Crippen LogP contribution is -2.15. The summed E-state index contributed by atoms with van der Waals surface area (Å²) in [6.07, 6.45) is 0. The number of nitrogens with one attached hydrogen (secondary N) is 1. The quantitative estimate of drug-likeness (QED) is 0.339. The predicted molar refractivity (Wildman–Crippen MR) is 75.6 cm³/mol. The molecule has 3 N–H and O–H groups in total. The van der Waals surface area contributed by atoms with Gasteiger partial charge in [0.1, 0.15) is 5.69 Å². The molecule has 0 amide bonds. The average molecular weight is 270 g/mol. The van der Waals surface area contributed by atoms with Crippen LogP contribution in [-0.2, 0) is 5.75 Å². The molecule has 1 rings (SSSR count). The average Bonchev–Trinajstić information content (AvgIpc) is 2.33. The van der Waals surface area contributed by atoms with Crippen molar-refractivity contribution in [2.24, 2.45) is 5.84 Å². The van der Waals surface area contributed by atoms with Crippen molar-refractivity contribution in [1.29, 1.82) is 0 Å². The molecule has 0 heterocycles. The molecule has 0 aliphatic rings. The first-order valence-corrected chi connectivity index (χ1v) is 6.67. The van der Waals surface area contributed by atoms with E-state index in [2.05, 4.69) is 10.3 Å². The van der Waals surface area contributed by atoms with Gasteiger partial charge in [0.15, 0.2) is 0 Å². The van der Waals surface area contributed by atoms with Gasteiger partial charge in [0.2, 0.25) is 0 Å². The predicted octanol–water partition coefficient (Wildman–Crippen LogP) is 1.68. The van der Waals surface area contributed by atoms with Gasteiger partial charge in [-0.2, -0.15) is 11.8 Å². The molecule has 18 heavy (non-hydrogen) atoms. The second kappa shape index (κ2) is 7.20. The zero-order chi connectivity index (χ0) is 13.5. The third-order valence-corrected chi connectivity index (χ3v) is 3.40. The van der Waals surface area contributed by atoms with Crippen molar-refractivity contribution in [1.82, 2.24) is 4.90 Å². The summed E-state index contributed by atoms with van der Waals surface area (Å²) in [6.45, 7) is 0.977. The molecule has 7 heteroatoms. The van der Waals surface area contributed by atoms with Gasteiger partial charge in [-0.3, -0.25) is 16.0 Å². The summed E-state index contributed by atoms with van der Waals surface area (Å²) in [4.78, 5) is 12.5. The molecule has 0 saturated heterocycles. The van der Waals surface area contributed by atoms with E-state index in [1.807, 2.05) is 20.2 Å². The molecular weight excluding hydrogens is 252 g/mol. The molecule has 0 fully saturated rings. The Morgan fingerprint density at radius 3 is 2.78 bits per heavy atom. The Bertz CT molecular complexity index is 412. The van der Waals surface area contributed by atoms with Crippen LogP contribution in [0.1, 0.15) is 5.56 Å². The van der Waals surface area contributed by atoms with Gasteiger partial charge in [-0.1, -0.05) is 12.1 Å². The smallest absolute Gasteiger partial charge is 0.293 e. The lowest BCUT2D eigenvalue weighted by atomic mass is 10.2. The van der Waals surface area contributed by atoms with E-state index in [0.29, 0.717) is 11.4 Å². The van der Waals surface area contributed by atoms with Gasteiger partial charge >= 0.3 is 0 Å². The Kier molecular flexibility index (Phi) is 5.90. The summed E-state index contributed by atoms with van der Waals surface area (Å²) < 4.78 is 0. The van der Waals surface area contributed by atoms with Gasteiger partial charge in [-0.25, -0.2) is 0 Å². The summed E-state index contributed by atoms with van der Waals surface area (Å²) in [6, 6.07) is 4.98. The van der Waals surface area contributed by atoms with E-state index in [1.54, 1.807) is 17.8 Å². The number of hydrogen-bond acceptors (Lipinski definition) is 6. The summed E-state index contributed by atoms with van der Waals surface area (Å²) in [5, 5.41) is 10.8. The molecular formula is C11H18N4O2S. The number of nitro benzene ring substituents is 1. The molecule has 100 valence electrons. The maximum absolute atomic E-state index is 10.8. The van der Waals surface area contributed by atoms with Crippen LogP contribution < -0.4 is 11.3 Å². The Morgan fingerprint density at radius 1 is 1.50 bits per heavy atom. The van der Waals surface area contributed by atoms with Crippen molar-refractivity contribution in [3.8, 4) is 0 Å². The number of hydrazine groups is 1. The number of nitrogens with zero attached hydrogens (tertiary/aromatic N) is 2. The number of hydrogen-bond donors (Lipinski definition) is 2. The summed E-state index contributed by atoms with van der Waals surface area (Å²) in [5.74, 6) is 7.05. The van der Waals surface area contributed by atoms with Crippen LogP contribution in [0.2, 0.25) is 0 Å². The van der Waals surface area contributed by atoms with E-state index >= 15 is 0 Å². The van der Waals surface area contributed by atoms with Crippen LogP contribution in [0.25, 0.3) is 0 Å². The summed E-state index contributed by atoms with van der Waals surface area (Å²) in [5.41, 5.74) is 3.71. The molecule has 1 aromatic rings. The van der Waals surface area contributed by atoms with Gasteiger partial charge < -0.3 is 10.3 Å². The Balaban J connectivity index is 2.70. The van der Waals surface area contributed by atoms with Crippen molar-refractivity contribution < 1.29 is 4.92 Å². The van der Waals surface area contributed by atoms with Gasteiger partial charge in [0.25, 0.3) is 5.69 Å². The van der Waals surface area contributed by atoms with E-state index in [0.717, 1.165) is 17.9 Å². The molecule has 0 saturated carbocycles. The zero-order valence-corrected chi connectivity index (χ0v) is 11.4. The van der Waals surface area contributed by atoms with Crippen molar-refractivity contribution >= 4 is 23.1 Å². The molecule has 6 nitrogen and oxygen atoms in total. The number of para-hydroxylation sites is 1. The van der Waals surface area contributed by atoms with Crippen molar-refractivity contribution in [3.05, 3.63) is 33.9 Å². The lowest BCUT2D eigenvalue weighted by Gasteiger charge is -2.11. The summed E-state index contributed by atoms with van der Waals surface area (Å²) in [7, 11) is 4.03. The van der Waals surface area contributed by atoms with Crippen LogP contribution >= 0.6 is 11.8 Å². The monoisotopic (exact) mass is 270 g/mol. The highest BCUT2D eigenvalue weighted by molar-refractivity contribution is 7.98. The molecule has 0 atom stereocenters. The minimum absolute atomic E-state index is 0.0169. The highest BCUT2D eigenvalue weighted by Crippen LogP contribution is 2.29. The van der Waals surface area contributed by atoms with Gasteiger partial charge in [0.05, 0.1) is 4.92 Å². The second-order valence-electron chi connectivity index (χ2n) is 4.07. The van der Waals surface area contributed by atoms with E-state index in [1.165, 1.54) is 6.07 Å². The largest absolute Gasteiger partial charge is 0.318 e. The number of rotatable bonds is 7. The van der Waals surface area contributed by atoms with Crippen LogP contribution in [-0.4, -0.2) is 36.2 Å². The van der Waals surface area contributed by atoms with Crippen LogP contribution in [0.15, 0.2) is 18.2 Å². The molecule has 0 spiro atoms. The third kappa shape index (κ3) is 4.17. The number of thioether (sulfide) groups is 1. The van der Waals surface area contributed by atoms with E-state index in [9.17, 15) is 10.1 Å². The molecule has 0 radical (unpaired) electrons. The van der Waals surface area contributed by atoms with Gasteiger partial charge in [-0.15, -0.1) is 0 Å². The lowest BCUT2D eigenvalue weighted by molar-refractivity contribution is -0.384. The number of anilines is 1. The van der Waals surface area contributed by atoms with Crippen molar-refractivity contribution in [2.45, 2.75) is 5.75 Å². The SMILES string of the molecule is CN(C)CCSCc1cccc([N+](=O)[O-])c1NN. The minimum Gasteiger partial charge on any atom is -0.318 e. The first-order chi connectivity index (χ1) is 8.56. The molecule has 1 aromatic carbocycles. The molecule has 0 unspecified atom stereocenters. The molecule has 0 bridgehead atoms. The first kappa shape index (κ1) is 14.7. The van der Waals surface area contributed by atoms with E-state index in [4.69, 9.17) is 5.84 Å². The Hall–Kier alpha value is -1.31. The number of benzene rings is 1. The van der Waals surface area contributed by atoms with Gasteiger partial charge in [0, 0.05) is 24.1 Å². The maximum Gasteiger partial charge on any atom is 0.293 e. The standard InChI is InChI=1S/C11H18N4O2S/c1-14(2)6-7-18-8-9-4-3-5-10(15(16)17)11(9)13-12/h3-5,13H,6-8,12H2,1-2H3. The van der Waals surface area contributed by atoms with Crippen LogP contribution in [0.4, 0.5) is 11.4 Å². The fourth-order valence-electron chi connectivity index (χ4n) is 1.45. The summed E-state index contributed by atoms with van der Waals surface area (Å²) >= 11 is 1.72. The fourth-order valence-corrected chi connectivity index (χ4v) is 2.55. The maximum atomic E-state index is 10.8. The minimum atomic E-state index is -0.427. The third-order valence-electron chi connectivity index (χ3n) is 2.41. The van der Waals surface area contributed by atoms with E-state index < -0.39 is 4.92 Å². The normalized spacial score (nSPS) is 10.7. The second-order valence-corrected chi connectivity index (χ2v) is 5.17. The number of nitrogen functional groups attached to an aromatic ring is 1. The Morgan fingerprint density at radius 2 is 2.22 bits per heavy atom. The highest BCUT2D eigenvalue weighted by atomic mass is 32.2. The molecule has 0 aliphatic heterocycles. The molecule has 0 aromatic heterocycles. The first-order valence-electron chi connectivity index (χ1n) is 5.51. The van der Waals surface area contributed by atoms with Gasteiger partial charge in [-0.05, 0) is 19.7 Å². The van der Waals surface area contributed by atoms with Crippen LogP contribution in [0.5, 0.6) is 0 Å². The highest BCUT2D eigenvalue weighted by Gasteiger charge is 2.16. The van der Waals surface area contributed by atoms with Crippen LogP contribution in [0.3, 0.4) is 0 Å². The van der Waals surface area contributed by atoms with Crippen molar-refractivity contribution in [3.63, 3.8) is 0 Å². The topological polar surface area (TPSA) is 84.4 Å². The number of nitro groups is 1. The van der Waals surface area contributed by atoms with E-state index in [-0.39, 0.29) is 5.69 Å². The Labute approximate surface area is 111 Å². The molecule has 0 aliphatic carbocycles. The number of nitrogens with two attached hydrogens (primary N) is 1.